The maximum Gasteiger partial charge on any atom is 0.358 e. The van der Waals surface area contributed by atoms with Crippen LogP contribution in [-0.2, 0) is 6.54 Å². The van der Waals surface area contributed by atoms with Crippen molar-refractivity contribution in [2.75, 3.05) is 32.7 Å². The van der Waals surface area contributed by atoms with Crippen molar-refractivity contribution in [2.45, 2.75) is 26.4 Å². The number of aromatic carboxylic acids is 1. The third-order valence-electron chi connectivity index (χ3n) is 3.66. The van der Waals surface area contributed by atoms with E-state index in [0.29, 0.717) is 12.6 Å². The van der Waals surface area contributed by atoms with Gasteiger partial charge in [0.2, 0.25) is 0 Å². The van der Waals surface area contributed by atoms with Crippen LogP contribution in [0.1, 0.15) is 24.3 Å². The predicted molar refractivity (Wildman–Crippen MR) is 70.1 cm³/mol. The van der Waals surface area contributed by atoms with E-state index >= 15 is 0 Å². The first-order chi connectivity index (χ1) is 9.10. The van der Waals surface area contributed by atoms with Crippen LogP contribution in [0.2, 0.25) is 0 Å². The van der Waals surface area contributed by atoms with Crippen molar-refractivity contribution < 1.29 is 9.90 Å². The maximum atomic E-state index is 10.7. The number of hydrogen-bond donors (Lipinski definition) is 1. The lowest BCUT2D eigenvalue weighted by atomic mass is 10.2. The zero-order valence-electron chi connectivity index (χ0n) is 11.5. The van der Waals surface area contributed by atoms with E-state index in [1.807, 2.05) is 0 Å². The lowest BCUT2D eigenvalue weighted by Gasteiger charge is -2.39. The van der Waals surface area contributed by atoms with Crippen LogP contribution in [0.5, 0.6) is 0 Å². The summed E-state index contributed by atoms with van der Waals surface area (Å²) in [4.78, 5) is 15.6. The Labute approximate surface area is 112 Å². The van der Waals surface area contributed by atoms with E-state index in [1.165, 1.54) is 6.20 Å². The molecule has 0 aliphatic carbocycles. The van der Waals surface area contributed by atoms with Crippen molar-refractivity contribution in [1.82, 2.24) is 24.8 Å². The molecular weight excluding hydrogens is 246 g/mol. The monoisotopic (exact) mass is 267 g/mol. The summed E-state index contributed by atoms with van der Waals surface area (Å²) in [6.07, 6.45) is 1.48. The first kappa shape index (κ1) is 14.0. The molecule has 7 nitrogen and oxygen atoms in total. The number of aromatic nitrogens is 3. The minimum atomic E-state index is -1.03. The van der Waals surface area contributed by atoms with Crippen molar-refractivity contribution in [2.24, 2.45) is 0 Å². The van der Waals surface area contributed by atoms with Gasteiger partial charge in [0.05, 0.1) is 12.7 Å². The molecule has 1 fully saturated rings. The fourth-order valence-electron chi connectivity index (χ4n) is 2.49. The molecule has 0 saturated carbocycles. The van der Waals surface area contributed by atoms with Crippen LogP contribution < -0.4 is 0 Å². The van der Waals surface area contributed by atoms with Crippen molar-refractivity contribution in [3.63, 3.8) is 0 Å². The Balaban J connectivity index is 1.81. The van der Waals surface area contributed by atoms with E-state index in [1.54, 1.807) is 4.68 Å². The number of hydrogen-bond acceptors (Lipinski definition) is 5. The molecular formula is C12H21N5O2. The fraction of sp³-hybridized carbons (Fsp3) is 0.750. The highest BCUT2D eigenvalue weighted by Crippen LogP contribution is 2.08. The Morgan fingerprint density at radius 3 is 2.84 bits per heavy atom. The Bertz CT molecular complexity index is 434. The van der Waals surface area contributed by atoms with Crippen LogP contribution >= 0.6 is 0 Å². The van der Waals surface area contributed by atoms with Gasteiger partial charge in [-0.2, -0.15) is 0 Å². The SMILES string of the molecule is CCN1CCN(CCn2cc(C(=O)O)nn2)CC1C. The Morgan fingerprint density at radius 1 is 1.47 bits per heavy atom. The van der Waals surface area contributed by atoms with Gasteiger partial charge in [0.15, 0.2) is 5.69 Å². The molecule has 19 heavy (non-hydrogen) atoms. The molecule has 0 amide bonds. The van der Waals surface area contributed by atoms with Gasteiger partial charge in [0.25, 0.3) is 0 Å². The van der Waals surface area contributed by atoms with Crippen molar-refractivity contribution in [1.29, 1.82) is 0 Å². The summed E-state index contributed by atoms with van der Waals surface area (Å²) in [7, 11) is 0. The number of piperazine rings is 1. The average Bonchev–Trinajstić information content (AvgIpc) is 2.85. The molecule has 2 heterocycles. The van der Waals surface area contributed by atoms with Gasteiger partial charge in [0.1, 0.15) is 0 Å². The molecule has 106 valence electrons. The summed E-state index contributed by atoms with van der Waals surface area (Å²) < 4.78 is 1.60. The summed E-state index contributed by atoms with van der Waals surface area (Å²) in [6, 6.07) is 0.573. The quantitative estimate of drug-likeness (QED) is 0.809. The third kappa shape index (κ3) is 3.51. The molecule has 0 radical (unpaired) electrons. The number of carboxylic acid groups (broad SMARTS) is 1. The molecule has 1 aromatic rings. The van der Waals surface area contributed by atoms with Gasteiger partial charge in [-0.1, -0.05) is 12.1 Å². The zero-order chi connectivity index (χ0) is 13.8. The van der Waals surface area contributed by atoms with Gasteiger partial charge in [-0.15, -0.1) is 5.10 Å². The van der Waals surface area contributed by atoms with E-state index in [9.17, 15) is 4.79 Å². The number of nitrogens with zero attached hydrogens (tertiary/aromatic N) is 5. The fourth-order valence-corrected chi connectivity index (χ4v) is 2.49. The van der Waals surface area contributed by atoms with Gasteiger partial charge in [-0.05, 0) is 13.5 Å². The van der Waals surface area contributed by atoms with Gasteiger partial charge >= 0.3 is 5.97 Å². The third-order valence-corrected chi connectivity index (χ3v) is 3.66. The molecule has 1 unspecified atom stereocenters. The Morgan fingerprint density at radius 2 is 2.26 bits per heavy atom. The molecule has 2 rings (SSSR count). The lowest BCUT2D eigenvalue weighted by Crippen LogP contribution is -2.52. The molecule has 1 aliphatic rings. The van der Waals surface area contributed by atoms with Gasteiger partial charge in [-0.25, -0.2) is 4.79 Å². The highest BCUT2D eigenvalue weighted by molar-refractivity contribution is 5.84. The van der Waals surface area contributed by atoms with Gasteiger partial charge < -0.3 is 5.11 Å². The van der Waals surface area contributed by atoms with Gasteiger partial charge in [-0.3, -0.25) is 14.5 Å². The van der Waals surface area contributed by atoms with E-state index in [2.05, 4.69) is 34.0 Å². The predicted octanol–water partition coefficient (Wildman–Crippen LogP) is 0.00230. The topological polar surface area (TPSA) is 74.5 Å². The number of likely N-dealkylation sites (N-methyl/N-ethyl adjacent to an activating group) is 1. The summed E-state index contributed by atoms with van der Waals surface area (Å²) in [6.45, 7) is 10.3. The molecule has 0 spiro atoms. The number of carbonyl (C=O) groups is 1. The summed E-state index contributed by atoms with van der Waals surface area (Å²) in [5, 5.41) is 16.2. The van der Waals surface area contributed by atoms with Crippen molar-refractivity contribution in [3.05, 3.63) is 11.9 Å². The van der Waals surface area contributed by atoms with Crippen LogP contribution in [0.25, 0.3) is 0 Å². The maximum absolute atomic E-state index is 10.7. The first-order valence-electron chi connectivity index (χ1n) is 6.70. The second kappa shape index (κ2) is 6.12. The standard InChI is InChI=1S/C12H21N5O2/c1-3-16-6-4-15(8-10(16)2)5-7-17-9-11(12(18)19)13-14-17/h9-10H,3-8H2,1-2H3,(H,18,19). The van der Waals surface area contributed by atoms with E-state index < -0.39 is 5.97 Å². The molecule has 7 heteroatoms. The molecule has 1 N–H and O–H groups in total. The molecule has 1 atom stereocenters. The van der Waals surface area contributed by atoms with Crippen LogP contribution in [0, 0.1) is 0 Å². The van der Waals surface area contributed by atoms with Crippen LogP contribution in [0.4, 0.5) is 0 Å². The van der Waals surface area contributed by atoms with Crippen LogP contribution in [0.15, 0.2) is 6.20 Å². The Hall–Kier alpha value is -1.47. The summed E-state index contributed by atoms with van der Waals surface area (Å²) in [5.41, 5.74) is 0.00386. The minimum absolute atomic E-state index is 0.00386. The van der Waals surface area contributed by atoms with E-state index in [0.717, 1.165) is 32.7 Å². The highest BCUT2D eigenvalue weighted by Gasteiger charge is 2.22. The highest BCUT2D eigenvalue weighted by atomic mass is 16.4. The van der Waals surface area contributed by atoms with Crippen LogP contribution in [-0.4, -0.2) is 74.6 Å². The molecule has 1 aliphatic heterocycles. The molecule has 0 bridgehead atoms. The minimum Gasteiger partial charge on any atom is -0.476 e. The second-order valence-electron chi connectivity index (χ2n) is 4.95. The average molecular weight is 267 g/mol. The van der Waals surface area contributed by atoms with Gasteiger partial charge in [0, 0.05) is 32.2 Å². The van der Waals surface area contributed by atoms with Crippen molar-refractivity contribution >= 4 is 5.97 Å². The number of rotatable bonds is 5. The Kier molecular flexibility index (Phi) is 4.49. The zero-order valence-corrected chi connectivity index (χ0v) is 11.5. The van der Waals surface area contributed by atoms with Crippen molar-refractivity contribution in [3.8, 4) is 0 Å². The first-order valence-corrected chi connectivity index (χ1v) is 6.70. The molecule has 0 aromatic carbocycles. The van der Waals surface area contributed by atoms with Crippen LogP contribution in [0.3, 0.4) is 0 Å². The van der Waals surface area contributed by atoms with E-state index in [4.69, 9.17) is 5.11 Å². The largest absolute Gasteiger partial charge is 0.476 e. The smallest absolute Gasteiger partial charge is 0.358 e. The summed E-state index contributed by atoms with van der Waals surface area (Å²) >= 11 is 0. The summed E-state index contributed by atoms with van der Waals surface area (Å²) in [5.74, 6) is -1.03. The molecule has 1 aromatic heterocycles. The second-order valence-corrected chi connectivity index (χ2v) is 4.95. The lowest BCUT2D eigenvalue weighted by molar-refractivity contribution is 0.0690. The van der Waals surface area contributed by atoms with E-state index in [-0.39, 0.29) is 5.69 Å². The number of carboxylic acids is 1. The molecule has 1 saturated heterocycles. The normalized spacial score (nSPS) is 21.7.